The zero-order valence-electron chi connectivity index (χ0n) is 14.0. The van der Waals surface area contributed by atoms with E-state index in [1.54, 1.807) is 24.4 Å². The summed E-state index contributed by atoms with van der Waals surface area (Å²) in [6.07, 6.45) is 1.55. The molecule has 2 aromatic rings. The van der Waals surface area contributed by atoms with Gasteiger partial charge < -0.3 is 10.2 Å². The zero-order valence-corrected chi connectivity index (χ0v) is 15.6. The molecule has 25 heavy (non-hydrogen) atoms. The predicted octanol–water partition coefficient (Wildman–Crippen LogP) is 2.40. The van der Waals surface area contributed by atoms with Gasteiger partial charge in [0.2, 0.25) is 0 Å². The first-order chi connectivity index (χ1) is 12.0. The third kappa shape index (κ3) is 5.72. The van der Waals surface area contributed by atoms with Crippen molar-refractivity contribution in [1.29, 1.82) is 0 Å². The molecule has 0 fully saturated rings. The molecule has 0 aromatic heterocycles. The van der Waals surface area contributed by atoms with Crippen molar-refractivity contribution in [2.75, 3.05) is 25.5 Å². The molecule has 2 aromatic carbocycles. The fraction of sp³-hybridized carbons (Fsp3) is 0.167. The summed E-state index contributed by atoms with van der Waals surface area (Å²) in [7, 11) is 3.93. The third-order valence-electron chi connectivity index (χ3n) is 3.34. The number of rotatable bonds is 6. The van der Waals surface area contributed by atoms with Crippen LogP contribution in [-0.4, -0.2) is 38.7 Å². The molecule has 0 radical (unpaired) electrons. The standard InChI is InChI=1S/C18H19BrN4O2/c1-23(2)14-9-7-13(8-10-14)11-21-22-17(24)12-20-18(25)15-5-3-4-6-16(15)19/h3-11H,12H2,1-2H3,(H,20,25)(H,22,24)/b21-11+. The van der Waals surface area contributed by atoms with Crippen LogP contribution in [0.4, 0.5) is 5.69 Å². The van der Waals surface area contributed by atoms with Crippen LogP contribution >= 0.6 is 15.9 Å². The van der Waals surface area contributed by atoms with Crippen molar-refractivity contribution in [3.8, 4) is 0 Å². The Hall–Kier alpha value is -2.67. The molecule has 0 heterocycles. The Bertz CT molecular complexity index is 773. The van der Waals surface area contributed by atoms with E-state index in [9.17, 15) is 9.59 Å². The molecule has 0 bridgehead atoms. The van der Waals surface area contributed by atoms with Crippen molar-refractivity contribution >= 4 is 39.6 Å². The summed E-state index contributed by atoms with van der Waals surface area (Å²) >= 11 is 3.30. The molecule has 0 unspecified atom stereocenters. The van der Waals surface area contributed by atoms with E-state index in [0.717, 1.165) is 11.3 Å². The smallest absolute Gasteiger partial charge is 0.259 e. The maximum absolute atomic E-state index is 12.0. The van der Waals surface area contributed by atoms with Crippen molar-refractivity contribution in [1.82, 2.24) is 10.7 Å². The Balaban J connectivity index is 1.80. The normalized spacial score (nSPS) is 10.5. The highest BCUT2D eigenvalue weighted by Gasteiger charge is 2.10. The van der Waals surface area contributed by atoms with Gasteiger partial charge in [0.25, 0.3) is 11.8 Å². The lowest BCUT2D eigenvalue weighted by Gasteiger charge is -2.11. The van der Waals surface area contributed by atoms with E-state index in [2.05, 4.69) is 31.8 Å². The maximum Gasteiger partial charge on any atom is 0.259 e. The van der Waals surface area contributed by atoms with Crippen LogP contribution in [0.1, 0.15) is 15.9 Å². The molecular formula is C18H19BrN4O2. The zero-order chi connectivity index (χ0) is 18.2. The molecule has 0 spiro atoms. The molecule has 6 nitrogen and oxygen atoms in total. The second-order valence-electron chi connectivity index (χ2n) is 5.44. The number of hydrazone groups is 1. The lowest BCUT2D eigenvalue weighted by molar-refractivity contribution is -0.120. The molecule has 2 rings (SSSR count). The van der Waals surface area contributed by atoms with Gasteiger partial charge in [0.15, 0.2) is 0 Å². The fourth-order valence-electron chi connectivity index (χ4n) is 1.98. The first-order valence-electron chi connectivity index (χ1n) is 7.59. The molecule has 2 amide bonds. The quantitative estimate of drug-likeness (QED) is 0.575. The molecular weight excluding hydrogens is 384 g/mol. The van der Waals surface area contributed by atoms with Crippen LogP contribution in [0.5, 0.6) is 0 Å². The van der Waals surface area contributed by atoms with Gasteiger partial charge in [0, 0.05) is 24.3 Å². The fourth-order valence-corrected chi connectivity index (χ4v) is 2.44. The van der Waals surface area contributed by atoms with Crippen LogP contribution in [0.3, 0.4) is 0 Å². The average Bonchev–Trinajstić information content (AvgIpc) is 2.60. The summed E-state index contributed by atoms with van der Waals surface area (Å²) < 4.78 is 0.673. The predicted molar refractivity (Wildman–Crippen MR) is 103 cm³/mol. The van der Waals surface area contributed by atoms with Crippen LogP contribution in [0, 0.1) is 0 Å². The molecule has 0 saturated carbocycles. The van der Waals surface area contributed by atoms with Crippen LogP contribution in [-0.2, 0) is 4.79 Å². The number of anilines is 1. The van der Waals surface area contributed by atoms with Gasteiger partial charge in [-0.1, -0.05) is 24.3 Å². The minimum atomic E-state index is -0.401. The van der Waals surface area contributed by atoms with E-state index >= 15 is 0 Å². The largest absolute Gasteiger partial charge is 0.378 e. The van der Waals surface area contributed by atoms with Crippen LogP contribution in [0.25, 0.3) is 0 Å². The van der Waals surface area contributed by atoms with Gasteiger partial charge in [0.05, 0.1) is 18.3 Å². The van der Waals surface area contributed by atoms with Crippen molar-refractivity contribution in [3.63, 3.8) is 0 Å². The number of nitrogens with zero attached hydrogens (tertiary/aromatic N) is 2. The first kappa shape index (κ1) is 18.7. The van der Waals surface area contributed by atoms with Gasteiger partial charge in [-0.05, 0) is 45.8 Å². The second-order valence-corrected chi connectivity index (χ2v) is 6.30. The van der Waals surface area contributed by atoms with E-state index in [-0.39, 0.29) is 12.5 Å². The summed E-state index contributed by atoms with van der Waals surface area (Å²) in [5.74, 6) is -0.729. The highest BCUT2D eigenvalue weighted by Crippen LogP contribution is 2.15. The Kier molecular flexibility index (Phi) is 6.71. The van der Waals surface area contributed by atoms with Crippen LogP contribution < -0.4 is 15.6 Å². The number of carbonyl (C=O) groups excluding carboxylic acids is 2. The second kappa shape index (κ2) is 8.98. The first-order valence-corrected chi connectivity index (χ1v) is 8.38. The van der Waals surface area contributed by atoms with Crippen LogP contribution in [0.15, 0.2) is 58.1 Å². The minimum Gasteiger partial charge on any atom is -0.378 e. The Labute approximate surface area is 155 Å². The average molecular weight is 403 g/mol. The van der Waals surface area contributed by atoms with Crippen molar-refractivity contribution in [2.24, 2.45) is 5.10 Å². The van der Waals surface area contributed by atoms with Gasteiger partial charge in [-0.3, -0.25) is 9.59 Å². The number of halogens is 1. The monoisotopic (exact) mass is 402 g/mol. The van der Waals surface area contributed by atoms with Crippen molar-refractivity contribution in [2.45, 2.75) is 0 Å². The Morgan fingerprint density at radius 2 is 1.80 bits per heavy atom. The summed E-state index contributed by atoms with van der Waals surface area (Å²) in [6.45, 7) is -0.156. The van der Waals surface area contributed by atoms with E-state index in [1.807, 2.05) is 49.3 Å². The van der Waals surface area contributed by atoms with Crippen molar-refractivity contribution < 1.29 is 9.59 Å². The molecule has 0 aliphatic carbocycles. The maximum atomic E-state index is 12.0. The highest BCUT2D eigenvalue weighted by atomic mass is 79.9. The lowest BCUT2D eigenvalue weighted by Crippen LogP contribution is -2.35. The Morgan fingerprint density at radius 3 is 2.44 bits per heavy atom. The number of nitrogens with one attached hydrogen (secondary N) is 2. The minimum absolute atomic E-state index is 0.156. The summed E-state index contributed by atoms with van der Waals surface area (Å²) in [6, 6.07) is 14.7. The number of amides is 2. The van der Waals surface area contributed by atoms with Crippen LogP contribution in [0.2, 0.25) is 0 Å². The number of hydrogen-bond donors (Lipinski definition) is 2. The van der Waals surface area contributed by atoms with Gasteiger partial charge >= 0.3 is 0 Å². The summed E-state index contributed by atoms with van der Waals surface area (Å²) in [5.41, 5.74) is 4.80. The van der Waals surface area contributed by atoms with Gasteiger partial charge in [-0.25, -0.2) is 5.43 Å². The van der Waals surface area contributed by atoms with E-state index in [0.29, 0.717) is 10.0 Å². The van der Waals surface area contributed by atoms with Gasteiger partial charge in [-0.15, -0.1) is 0 Å². The Morgan fingerprint density at radius 1 is 1.12 bits per heavy atom. The van der Waals surface area contributed by atoms with E-state index in [4.69, 9.17) is 0 Å². The number of benzene rings is 2. The summed E-state index contributed by atoms with van der Waals surface area (Å²) in [5, 5.41) is 6.43. The molecule has 130 valence electrons. The molecule has 0 aliphatic rings. The topological polar surface area (TPSA) is 73.8 Å². The van der Waals surface area contributed by atoms with E-state index < -0.39 is 5.91 Å². The highest BCUT2D eigenvalue weighted by molar-refractivity contribution is 9.10. The van der Waals surface area contributed by atoms with Gasteiger partial charge in [-0.2, -0.15) is 5.10 Å². The molecule has 0 saturated heterocycles. The lowest BCUT2D eigenvalue weighted by atomic mass is 10.2. The molecule has 2 N–H and O–H groups in total. The SMILES string of the molecule is CN(C)c1ccc(/C=N/NC(=O)CNC(=O)c2ccccc2Br)cc1. The molecule has 7 heteroatoms. The number of hydrogen-bond acceptors (Lipinski definition) is 4. The van der Waals surface area contributed by atoms with Gasteiger partial charge in [0.1, 0.15) is 0 Å². The summed E-state index contributed by atoms with van der Waals surface area (Å²) in [4.78, 5) is 25.7. The molecule has 0 aliphatic heterocycles. The third-order valence-corrected chi connectivity index (χ3v) is 4.03. The molecule has 0 atom stereocenters. The van der Waals surface area contributed by atoms with E-state index in [1.165, 1.54) is 0 Å². The number of carbonyl (C=O) groups is 2. The van der Waals surface area contributed by atoms with Crippen molar-refractivity contribution in [3.05, 3.63) is 64.1 Å².